The molecule has 0 spiro atoms. The number of likely N-dealkylation sites (tertiary alicyclic amines) is 1. The number of carbonyl (C=O) groups excluding carboxylic acids is 1. The van der Waals surface area contributed by atoms with Crippen LogP contribution >= 0.6 is 11.6 Å². The number of aromatic nitrogens is 2. The van der Waals surface area contributed by atoms with E-state index in [2.05, 4.69) is 9.88 Å². The summed E-state index contributed by atoms with van der Waals surface area (Å²) in [6.45, 7) is 1.52. The van der Waals surface area contributed by atoms with Crippen molar-refractivity contribution in [2.75, 3.05) is 13.7 Å². The number of hydrogen-bond acceptors (Lipinski definition) is 4. The Morgan fingerprint density at radius 3 is 3.00 bits per heavy atom. The van der Waals surface area contributed by atoms with Crippen molar-refractivity contribution in [2.45, 2.75) is 31.8 Å². The van der Waals surface area contributed by atoms with Crippen LogP contribution < -0.4 is 0 Å². The van der Waals surface area contributed by atoms with E-state index in [1.54, 1.807) is 6.20 Å². The lowest BCUT2D eigenvalue weighted by atomic mass is 10.0. The molecule has 1 aliphatic rings. The summed E-state index contributed by atoms with van der Waals surface area (Å²) in [4.78, 5) is 18.1. The molecule has 2 heterocycles. The number of hydrogen-bond donors (Lipinski definition) is 0. The van der Waals surface area contributed by atoms with Gasteiger partial charge in [0.05, 0.1) is 19.9 Å². The fourth-order valence-corrected chi connectivity index (χ4v) is 2.48. The second-order valence-corrected chi connectivity index (χ2v) is 4.95. The molecular formula is C12H18ClN3O2. The highest BCUT2D eigenvalue weighted by Crippen LogP contribution is 2.21. The zero-order valence-corrected chi connectivity index (χ0v) is 11.5. The van der Waals surface area contributed by atoms with Gasteiger partial charge < -0.3 is 9.30 Å². The van der Waals surface area contributed by atoms with Crippen LogP contribution in [0.4, 0.5) is 0 Å². The standard InChI is InChI=1S/C12H18ClN3O2/c1-15-10(13)7-14-11(15)8-16-6-4-3-5-9(16)12(17)18-2/h7,9H,3-6,8H2,1-2H3. The fourth-order valence-electron chi connectivity index (χ4n) is 2.34. The summed E-state index contributed by atoms with van der Waals surface area (Å²) in [5.74, 6) is 0.714. The van der Waals surface area contributed by atoms with Crippen molar-refractivity contribution in [2.24, 2.45) is 7.05 Å². The molecule has 6 heteroatoms. The molecule has 2 rings (SSSR count). The van der Waals surface area contributed by atoms with Gasteiger partial charge in [0.2, 0.25) is 0 Å². The molecule has 0 amide bonds. The summed E-state index contributed by atoms with van der Waals surface area (Å²) in [5, 5.41) is 0.608. The molecule has 1 aromatic rings. The number of imidazole rings is 1. The topological polar surface area (TPSA) is 47.4 Å². The maximum atomic E-state index is 11.7. The highest BCUT2D eigenvalue weighted by molar-refractivity contribution is 6.29. The van der Waals surface area contributed by atoms with Crippen molar-refractivity contribution in [3.63, 3.8) is 0 Å². The van der Waals surface area contributed by atoms with Gasteiger partial charge in [-0.3, -0.25) is 9.69 Å². The van der Waals surface area contributed by atoms with Gasteiger partial charge in [-0.05, 0) is 19.4 Å². The van der Waals surface area contributed by atoms with Gasteiger partial charge in [-0.1, -0.05) is 18.0 Å². The Labute approximate surface area is 112 Å². The first-order valence-corrected chi connectivity index (χ1v) is 6.49. The molecule has 1 fully saturated rings. The third kappa shape index (κ3) is 2.67. The van der Waals surface area contributed by atoms with Crippen LogP contribution in [0.25, 0.3) is 0 Å². The first-order chi connectivity index (χ1) is 8.63. The minimum atomic E-state index is -0.157. The van der Waals surface area contributed by atoms with Gasteiger partial charge in [0.15, 0.2) is 0 Å². The second kappa shape index (κ2) is 5.71. The maximum absolute atomic E-state index is 11.7. The summed E-state index contributed by atoms with van der Waals surface area (Å²) in [5.41, 5.74) is 0. The number of carbonyl (C=O) groups is 1. The minimum absolute atomic E-state index is 0.153. The van der Waals surface area contributed by atoms with E-state index < -0.39 is 0 Å². The number of halogens is 1. The van der Waals surface area contributed by atoms with Gasteiger partial charge in [0.1, 0.15) is 17.0 Å². The molecule has 0 aromatic carbocycles. The third-order valence-electron chi connectivity index (χ3n) is 3.46. The monoisotopic (exact) mass is 271 g/mol. The highest BCUT2D eigenvalue weighted by Gasteiger charge is 2.30. The minimum Gasteiger partial charge on any atom is -0.468 e. The van der Waals surface area contributed by atoms with Gasteiger partial charge in [0.25, 0.3) is 0 Å². The molecule has 0 N–H and O–H groups in total. The normalized spacial score (nSPS) is 20.9. The molecule has 1 unspecified atom stereocenters. The van der Waals surface area contributed by atoms with E-state index >= 15 is 0 Å². The van der Waals surface area contributed by atoms with Crippen LogP contribution in [0.1, 0.15) is 25.1 Å². The Balaban J connectivity index is 2.10. The Hall–Kier alpha value is -1.07. The van der Waals surface area contributed by atoms with Gasteiger partial charge in [-0.15, -0.1) is 0 Å². The van der Waals surface area contributed by atoms with Crippen molar-refractivity contribution in [1.29, 1.82) is 0 Å². The molecule has 0 saturated carbocycles. The maximum Gasteiger partial charge on any atom is 0.323 e. The van der Waals surface area contributed by atoms with Gasteiger partial charge in [0, 0.05) is 7.05 Å². The Kier molecular flexibility index (Phi) is 4.24. The lowest BCUT2D eigenvalue weighted by Crippen LogP contribution is -2.45. The molecule has 18 heavy (non-hydrogen) atoms. The average molecular weight is 272 g/mol. The SMILES string of the molecule is COC(=O)C1CCCCN1Cc1ncc(Cl)n1C. The van der Waals surface area contributed by atoms with Crippen LogP contribution in [0.3, 0.4) is 0 Å². The smallest absolute Gasteiger partial charge is 0.323 e. The summed E-state index contributed by atoms with van der Waals surface area (Å²) in [6, 6.07) is -0.153. The molecule has 1 saturated heterocycles. The number of esters is 1. The van der Waals surface area contributed by atoms with Crippen molar-refractivity contribution >= 4 is 17.6 Å². The number of ether oxygens (including phenoxy) is 1. The summed E-state index contributed by atoms with van der Waals surface area (Å²) < 4.78 is 6.70. The van der Waals surface area contributed by atoms with Crippen molar-refractivity contribution in [1.82, 2.24) is 14.5 Å². The first-order valence-electron chi connectivity index (χ1n) is 6.11. The number of nitrogens with zero attached hydrogens (tertiary/aromatic N) is 3. The van der Waals surface area contributed by atoms with E-state index in [0.29, 0.717) is 11.7 Å². The predicted molar refractivity (Wildman–Crippen MR) is 68.3 cm³/mol. The highest BCUT2D eigenvalue weighted by atomic mass is 35.5. The zero-order valence-electron chi connectivity index (χ0n) is 10.7. The van der Waals surface area contributed by atoms with E-state index in [0.717, 1.165) is 31.6 Å². The van der Waals surface area contributed by atoms with Gasteiger partial charge >= 0.3 is 5.97 Å². The molecule has 5 nitrogen and oxygen atoms in total. The summed E-state index contributed by atoms with van der Waals surface area (Å²) >= 11 is 5.96. The first kappa shape index (κ1) is 13.4. The lowest BCUT2D eigenvalue weighted by Gasteiger charge is -2.33. The molecule has 1 atom stereocenters. The largest absolute Gasteiger partial charge is 0.468 e. The Morgan fingerprint density at radius 2 is 2.39 bits per heavy atom. The van der Waals surface area contributed by atoms with Crippen LogP contribution in [0, 0.1) is 0 Å². The molecular weight excluding hydrogens is 254 g/mol. The van der Waals surface area contributed by atoms with Crippen molar-refractivity contribution in [3.8, 4) is 0 Å². The molecule has 100 valence electrons. The molecule has 1 aromatic heterocycles. The molecule has 0 bridgehead atoms. The van der Waals surface area contributed by atoms with E-state index in [-0.39, 0.29) is 12.0 Å². The summed E-state index contributed by atoms with van der Waals surface area (Å²) in [6.07, 6.45) is 4.65. The number of methoxy groups -OCH3 is 1. The Bertz CT molecular complexity index is 433. The summed E-state index contributed by atoms with van der Waals surface area (Å²) in [7, 11) is 3.31. The predicted octanol–water partition coefficient (Wildman–Crippen LogP) is 1.60. The van der Waals surface area contributed by atoms with Crippen LogP contribution in [-0.2, 0) is 23.1 Å². The Morgan fingerprint density at radius 1 is 1.61 bits per heavy atom. The van der Waals surface area contributed by atoms with E-state index in [9.17, 15) is 4.79 Å². The second-order valence-electron chi connectivity index (χ2n) is 4.56. The van der Waals surface area contributed by atoms with Crippen molar-refractivity contribution < 1.29 is 9.53 Å². The van der Waals surface area contributed by atoms with E-state index in [1.807, 2.05) is 11.6 Å². The fraction of sp³-hybridized carbons (Fsp3) is 0.667. The van der Waals surface area contributed by atoms with Crippen LogP contribution in [-0.4, -0.2) is 40.1 Å². The van der Waals surface area contributed by atoms with Crippen LogP contribution in [0.2, 0.25) is 5.15 Å². The average Bonchev–Trinajstić information content (AvgIpc) is 2.70. The molecule has 0 aliphatic carbocycles. The third-order valence-corrected chi connectivity index (χ3v) is 3.81. The van der Waals surface area contributed by atoms with Crippen LogP contribution in [0.5, 0.6) is 0 Å². The quantitative estimate of drug-likeness (QED) is 0.784. The number of piperidine rings is 1. The van der Waals surface area contributed by atoms with Crippen LogP contribution in [0.15, 0.2) is 6.20 Å². The van der Waals surface area contributed by atoms with E-state index in [1.165, 1.54) is 7.11 Å². The van der Waals surface area contributed by atoms with Gasteiger partial charge in [-0.2, -0.15) is 0 Å². The molecule has 1 aliphatic heterocycles. The molecule has 0 radical (unpaired) electrons. The number of rotatable bonds is 3. The van der Waals surface area contributed by atoms with E-state index in [4.69, 9.17) is 16.3 Å². The zero-order chi connectivity index (χ0) is 13.1. The van der Waals surface area contributed by atoms with Crippen molar-refractivity contribution in [3.05, 3.63) is 17.2 Å². The van der Waals surface area contributed by atoms with Gasteiger partial charge in [-0.25, -0.2) is 4.98 Å². The lowest BCUT2D eigenvalue weighted by molar-refractivity contribution is -0.148.